The molecule has 1 amide bonds. The number of nitrogens with zero attached hydrogens (tertiary/aromatic N) is 1. The fourth-order valence-corrected chi connectivity index (χ4v) is 2.47. The SMILES string of the molecule is CCOc1cc(/C=C(\C#N)C(=O)NC[C@@H]2CCCO2)ccc1OC. The van der Waals surface area contributed by atoms with Gasteiger partial charge in [-0.25, -0.2) is 0 Å². The molecule has 1 aromatic carbocycles. The van der Waals surface area contributed by atoms with Gasteiger partial charge in [-0.2, -0.15) is 5.26 Å². The largest absolute Gasteiger partial charge is 0.493 e. The molecule has 2 rings (SSSR count). The summed E-state index contributed by atoms with van der Waals surface area (Å²) in [6.45, 7) is 3.52. The number of benzene rings is 1. The molecule has 1 atom stereocenters. The quantitative estimate of drug-likeness (QED) is 0.613. The fourth-order valence-electron chi connectivity index (χ4n) is 2.47. The van der Waals surface area contributed by atoms with Crippen LogP contribution in [0, 0.1) is 11.3 Å². The Bertz CT molecular complexity index is 643. The number of rotatable bonds is 7. The molecule has 24 heavy (non-hydrogen) atoms. The summed E-state index contributed by atoms with van der Waals surface area (Å²) in [5.74, 6) is 0.780. The van der Waals surface area contributed by atoms with Gasteiger partial charge in [0, 0.05) is 13.2 Å². The van der Waals surface area contributed by atoms with Gasteiger partial charge >= 0.3 is 0 Å². The molecule has 0 spiro atoms. The molecule has 0 saturated carbocycles. The van der Waals surface area contributed by atoms with Crippen LogP contribution in [0.15, 0.2) is 23.8 Å². The summed E-state index contributed by atoms with van der Waals surface area (Å²) < 4.78 is 16.2. The number of nitriles is 1. The number of carbonyl (C=O) groups excluding carboxylic acids is 1. The van der Waals surface area contributed by atoms with E-state index in [9.17, 15) is 10.1 Å². The monoisotopic (exact) mass is 330 g/mol. The van der Waals surface area contributed by atoms with Gasteiger partial charge in [0.25, 0.3) is 5.91 Å². The highest BCUT2D eigenvalue weighted by Gasteiger charge is 2.17. The zero-order chi connectivity index (χ0) is 17.4. The van der Waals surface area contributed by atoms with Gasteiger partial charge in [0.15, 0.2) is 11.5 Å². The predicted molar refractivity (Wildman–Crippen MR) is 89.7 cm³/mol. The van der Waals surface area contributed by atoms with Gasteiger partial charge in [-0.05, 0) is 43.5 Å². The van der Waals surface area contributed by atoms with E-state index in [1.54, 1.807) is 25.3 Å². The van der Waals surface area contributed by atoms with E-state index >= 15 is 0 Å². The van der Waals surface area contributed by atoms with Gasteiger partial charge in [0.2, 0.25) is 0 Å². The third-order valence-electron chi connectivity index (χ3n) is 3.68. The molecule has 0 radical (unpaired) electrons. The van der Waals surface area contributed by atoms with Gasteiger partial charge in [-0.1, -0.05) is 6.07 Å². The molecule has 1 fully saturated rings. The summed E-state index contributed by atoms with van der Waals surface area (Å²) in [4.78, 5) is 12.2. The number of hydrogen-bond acceptors (Lipinski definition) is 5. The molecule has 1 saturated heterocycles. The van der Waals surface area contributed by atoms with Crippen LogP contribution in [0.4, 0.5) is 0 Å². The van der Waals surface area contributed by atoms with Gasteiger partial charge in [0.05, 0.1) is 19.8 Å². The minimum atomic E-state index is -0.401. The Labute approximate surface area is 142 Å². The molecule has 128 valence electrons. The van der Waals surface area contributed by atoms with Crippen LogP contribution in [0.5, 0.6) is 11.5 Å². The second-order valence-electron chi connectivity index (χ2n) is 5.36. The van der Waals surface area contributed by atoms with Crippen LogP contribution in [-0.4, -0.2) is 38.9 Å². The van der Waals surface area contributed by atoms with Crippen LogP contribution < -0.4 is 14.8 Å². The van der Waals surface area contributed by atoms with E-state index in [1.807, 2.05) is 13.0 Å². The minimum Gasteiger partial charge on any atom is -0.493 e. The van der Waals surface area contributed by atoms with E-state index in [0.717, 1.165) is 19.4 Å². The van der Waals surface area contributed by atoms with Crippen molar-refractivity contribution in [1.29, 1.82) is 5.26 Å². The molecule has 1 aromatic rings. The summed E-state index contributed by atoms with van der Waals surface area (Å²) in [6.07, 6.45) is 3.52. The Morgan fingerprint density at radius 3 is 2.96 bits per heavy atom. The third kappa shape index (κ3) is 4.74. The van der Waals surface area contributed by atoms with Crippen molar-refractivity contribution in [2.45, 2.75) is 25.9 Å². The predicted octanol–water partition coefficient (Wildman–Crippen LogP) is 2.30. The zero-order valence-electron chi connectivity index (χ0n) is 14.0. The maximum absolute atomic E-state index is 12.2. The Morgan fingerprint density at radius 2 is 2.33 bits per heavy atom. The molecular weight excluding hydrogens is 308 g/mol. The highest BCUT2D eigenvalue weighted by atomic mass is 16.5. The number of nitrogens with one attached hydrogen (secondary N) is 1. The first-order valence-electron chi connectivity index (χ1n) is 8.00. The van der Waals surface area contributed by atoms with Gasteiger partial charge in [-0.3, -0.25) is 4.79 Å². The van der Waals surface area contributed by atoms with E-state index in [-0.39, 0.29) is 11.7 Å². The smallest absolute Gasteiger partial charge is 0.262 e. The summed E-state index contributed by atoms with van der Waals surface area (Å²) in [5, 5.41) is 12.0. The number of hydrogen-bond donors (Lipinski definition) is 1. The second kappa shape index (κ2) is 8.94. The average Bonchev–Trinajstić information content (AvgIpc) is 3.11. The summed E-state index contributed by atoms with van der Waals surface area (Å²) >= 11 is 0. The number of amides is 1. The Hall–Kier alpha value is -2.52. The second-order valence-corrected chi connectivity index (χ2v) is 5.36. The summed E-state index contributed by atoms with van der Waals surface area (Å²) in [7, 11) is 1.56. The molecule has 1 aliphatic heterocycles. The Balaban J connectivity index is 2.09. The maximum atomic E-state index is 12.2. The minimum absolute atomic E-state index is 0.0411. The lowest BCUT2D eigenvalue weighted by Crippen LogP contribution is -2.32. The fraction of sp³-hybridized carbons (Fsp3) is 0.444. The van der Waals surface area contributed by atoms with Gasteiger partial charge < -0.3 is 19.5 Å². The molecule has 1 heterocycles. The molecule has 6 heteroatoms. The standard InChI is InChI=1S/C18H22N2O4/c1-3-23-17-10-13(6-7-16(17)22-2)9-14(11-19)18(21)20-12-15-5-4-8-24-15/h6-7,9-10,15H,3-5,8,12H2,1-2H3,(H,20,21)/b14-9+/t15-/m0/s1. The highest BCUT2D eigenvalue weighted by Crippen LogP contribution is 2.28. The first kappa shape index (κ1) is 17.8. The lowest BCUT2D eigenvalue weighted by Gasteiger charge is -2.11. The summed E-state index contributed by atoms with van der Waals surface area (Å²) in [5.41, 5.74) is 0.740. The topological polar surface area (TPSA) is 80.6 Å². The first-order chi connectivity index (χ1) is 11.7. The van der Waals surface area contributed by atoms with E-state index in [1.165, 1.54) is 6.08 Å². The van der Waals surface area contributed by atoms with Crippen molar-refractivity contribution >= 4 is 12.0 Å². The molecule has 6 nitrogen and oxygen atoms in total. The molecule has 1 N–H and O–H groups in total. The molecule has 0 aliphatic carbocycles. The van der Waals surface area contributed by atoms with Crippen LogP contribution in [-0.2, 0) is 9.53 Å². The maximum Gasteiger partial charge on any atom is 0.262 e. The van der Waals surface area contributed by atoms with Crippen LogP contribution in [0.3, 0.4) is 0 Å². The van der Waals surface area contributed by atoms with Crippen molar-refractivity contribution in [3.63, 3.8) is 0 Å². The van der Waals surface area contributed by atoms with Crippen molar-refractivity contribution in [2.24, 2.45) is 0 Å². The van der Waals surface area contributed by atoms with E-state index in [0.29, 0.717) is 30.2 Å². The van der Waals surface area contributed by atoms with Crippen molar-refractivity contribution < 1.29 is 19.0 Å². The van der Waals surface area contributed by atoms with E-state index in [4.69, 9.17) is 14.2 Å². The van der Waals surface area contributed by atoms with Crippen LogP contribution >= 0.6 is 0 Å². The van der Waals surface area contributed by atoms with Crippen LogP contribution in [0.25, 0.3) is 6.08 Å². The molecule has 1 aliphatic rings. The average molecular weight is 330 g/mol. The lowest BCUT2D eigenvalue weighted by atomic mass is 10.1. The molecule has 0 unspecified atom stereocenters. The van der Waals surface area contributed by atoms with E-state index < -0.39 is 5.91 Å². The van der Waals surface area contributed by atoms with Crippen molar-refractivity contribution in [2.75, 3.05) is 26.9 Å². The Morgan fingerprint density at radius 1 is 1.50 bits per heavy atom. The van der Waals surface area contributed by atoms with E-state index in [2.05, 4.69) is 5.32 Å². The molecule has 0 bridgehead atoms. The third-order valence-corrected chi connectivity index (χ3v) is 3.68. The summed E-state index contributed by atoms with van der Waals surface area (Å²) in [6, 6.07) is 7.20. The van der Waals surface area contributed by atoms with Crippen LogP contribution in [0.2, 0.25) is 0 Å². The number of ether oxygens (including phenoxy) is 3. The first-order valence-corrected chi connectivity index (χ1v) is 8.00. The van der Waals surface area contributed by atoms with Crippen molar-refractivity contribution in [3.05, 3.63) is 29.3 Å². The van der Waals surface area contributed by atoms with Crippen LogP contribution in [0.1, 0.15) is 25.3 Å². The highest BCUT2D eigenvalue weighted by molar-refractivity contribution is 6.01. The molecule has 0 aromatic heterocycles. The van der Waals surface area contributed by atoms with Crippen molar-refractivity contribution in [1.82, 2.24) is 5.32 Å². The van der Waals surface area contributed by atoms with Gasteiger partial charge in [0.1, 0.15) is 11.6 Å². The van der Waals surface area contributed by atoms with Crippen molar-refractivity contribution in [3.8, 4) is 17.6 Å². The Kier molecular flexibility index (Phi) is 6.64. The normalized spacial score (nSPS) is 17.2. The number of carbonyl (C=O) groups is 1. The zero-order valence-corrected chi connectivity index (χ0v) is 14.0. The lowest BCUT2D eigenvalue weighted by molar-refractivity contribution is -0.117. The number of methoxy groups -OCH3 is 1. The van der Waals surface area contributed by atoms with Gasteiger partial charge in [-0.15, -0.1) is 0 Å². The molecular formula is C18H22N2O4.